The van der Waals surface area contributed by atoms with E-state index in [1.165, 1.54) is 23.8 Å². The minimum atomic E-state index is -0.0451. The standard InChI is InChI=1S/C11H14N4O/c1-6-9(8-4-3-5-8)13-11-12-7(2)14-15(11)10(6)16/h8H,3-5H2,1-2H3,(H,12,13,14). The van der Waals surface area contributed by atoms with Crippen molar-refractivity contribution in [2.75, 3.05) is 0 Å². The molecule has 2 heterocycles. The summed E-state index contributed by atoms with van der Waals surface area (Å²) >= 11 is 0. The van der Waals surface area contributed by atoms with Crippen LogP contribution in [0.2, 0.25) is 0 Å². The smallest absolute Gasteiger partial charge is 0.278 e. The molecular weight excluding hydrogens is 204 g/mol. The Morgan fingerprint density at radius 1 is 1.38 bits per heavy atom. The number of H-pyrrole nitrogens is 1. The van der Waals surface area contributed by atoms with Crippen LogP contribution in [0.5, 0.6) is 0 Å². The number of aromatic nitrogens is 4. The largest absolute Gasteiger partial charge is 0.327 e. The molecule has 0 saturated heterocycles. The Morgan fingerprint density at radius 3 is 2.75 bits per heavy atom. The van der Waals surface area contributed by atoms with Gasteiger partial charge in [0.1, 0.15) is 5.82 Å². The Morgan fingerprint density at radius 2 is 2.12 bits per heavy atom. The molecule has 1 fully saturated rings. The number of fused-ring (bicyclic) bond motifs is 1. The molecule has 84 valence electrons. The number of hydrogen-bond donors (Lipinski definition) is 1. The van der Waals surface area contributed by atoms with Crippen LogP contribution < -0.4 is 5.56 Å². The van der Waals surface area contributed by atoms with Gasteiger partial charge in [-0.15, -0.1) is 5.10 Å². The van der Waals surface area contributed by atoms with Gasteiger partial charge >= 0.3 is 0 Å². The molecule has 0 unspecified atom stereocenters. The second kappa shape index (κ2) is 3.17. The highest BCUT2D eigenvalue weighted by Crippen LogP contribution is 2.35. The van der Waals surface area contributed by atoms with E-state index in [0.717, 1.165) is 11.3 Å². The third kappa shape index (κ3) is 1.20. The maximum absolute atomic E-state index is 12.0. The van der Waals surface area contributed by atoms with Crippen molar-refractivity contribution in [1.29, 1.82) is 0 Å². The summed E-state index contributed by atoms with van der Waals surface area (Å²) in [6.45, 7) is 3.65. The van der Waals surface area contributed by atoms with E-state index in [2.05, 4.69) is 15.1 Å². The van der Waals surface area contributed by atoms with Crippen LogP contribution in [0.25, 0.3) is 5.78 Å². The first-order valence-corrected chi connectivity index (χ1v) is 5.63. The molecule has 16 heavy (non-hydrogen) atoms. The highest BCUT2D eigenvalue weighted by Gasteiger charge is 2.24. The van der Waals surface area contributed by atoms with Gasteiger partial charge in [-0.05, 0) is 32.6 Å². The van der Waals surface area contributed by atoms with Crippen molar-refractivity contribution in [3.8, 4) is 0 Å². The maximum atomic E-state index is 12.0. The lowest BCUT2D eigenvalue weighted by Crippen LogP contribution is -2.24. The molecule has 0 bridgehead atoms. The Labute approximate surface area is 92.5 Å². The first kappa shape index (κ1) is 9.57. The Kier molecular flexibility index (Phi) is 1.89. The molecule has 0 amide bonds. The van der Waals surface area contributed by atoms with Crippen molar-refractivity contribution in [2.24, 2.45) is 0 Å². The van der Waals surface area contributed by atoms with Gasteiger partial charge in [0.05, 0.1) is 0 Å². The number of nitrogens with one attached hydrogen (secondary N) is 1. The first-order chi connectivity index (χ1) is 7.66. The Hall–Kier alpha value is -1.65. The summed E-state index contributed by atoms with van der Waals surface area (Å²) in [6, 6.07) is 0. The second-order valence-electron chi connectivity index (χ2n) is 4.49. The summed E-state index contributed by atoms with van der Waals surface area (Å²) in [6.07, 6.45) is 3.59. The predicted octanol–water partition coefficient (Wildman–Crippen LogP) is 1.30. The molecule has 0 radical (unpaired) electrons. The van der Waals surface area contributed by atoms with Crippen molar-refractivity contribution in [1.82, 2.24) is 19.6 Å². The summed E-state index contributed by atoms with van der Waals surface area (Å²) < 4.78 is 1.35. The summed E-state index contributed by atoms with van der Waals surface area (Å²) in [7, 11) is 0. The van der Waals surface area contributed by atoms with Gasteiger partial charge in [0.15, 0.2) is 0 Å². The average Bonchev–Trinajstić information content (AvgIpc) is 2.52. The van der Waals surface area contributed by atoms with Crippen LogP contribution in [0.1, 0.15) is 42.3 Å². The molecule has 1 saturated carbocycles. The fourth-order valence-electron chi connectivity index (χ4n) is 2.23. The van der Waals surface area contributed by atoms with E-state index in [1.54, 1.807) is 6.92 Å². The molecule has 5 nitrogen and oxygen atoms in total. The highest BCUT2D eigenvalue weighted by molar-refractivity contribution is 5.34. The molecular formula is C11H14N4O. The van der Waals surface area contributed by atoms with Gasteiger partial charge in [0.25, 0.3) is 5.56 Å². The summed E-state index contributed by atoms with van der Waals surface area (Å²) in [5.41, 5.74) is 1.79. The lowest BCUT2D eigenvalue weighted by atomic mass is 9.81. The monoisotopic (exact) mass is 218 g/mol. The number of hydrogen-bond acceptors (Lipinski definition) is 3. The quantitative estimate of drug-likeness (QED) is 0.784. The minimum Gasteiger partial charge on any atom is -0.327 e. The van der Waals surface area contributed by atoms with Gasteiger partial charge in [0.2, 0.25) is 5.78 Å². The molecule has 0 atom stereocenters. The van der Waals surface area contributed by atoms with Crippen LogP contribution in [0.3, 0.4) is 0 Å². The summed E-state index contributed by atoms with van der Waals surface area (Å²) in [5, 5.41) is 4.08. The lowest BCUT2D eigenvalue weighted by Gasteiger charge is -2.26. The molecule has 5 heteroatoms. The zero-order chi connectivity index (χ0) is 11.3. The second-order valence-corrected chi connectivity index (χ2v) is 4.49. The van der Waals surface area contributed by atoms with Crippen LogP contribution in [-0.4, -0.2) is 19.6 Å². The summed E-state index contributed by atoms with van der Waals surface area (Å²) in [5.74, 6) is 1.70. The van der Waals surface area contributed by atoms with Crippen molar-refractivity contribution in [3.63, 3.8) is 0 Å². The zero-order valence-corrected chi connectivity index (χ0v) is 9.45. The molecule has 1 aliphatic rings. The van der Waals surface area contributed by atoms with Crippen molar-refractivity contribution < 1.29 is 0 Å². The molecule has 3 rings (SSSR count). The van der Waals surface area contributed by atoms with Gasteiger partial charge in [-0.1, -0.05) is 6.42 Å². The summed E-state index contributed by atoms with van der Waals surface area (Å²) in [4.78, 5) is 19.5. The number of rotatable bonds is 1. The SMILES string of the molecule is Cc1nc2[nH]c(C3CCC3)c(C)c(=O)n2n1. The third-order valence-electron chi connectivity index (χ3n) is 3.39. The van der Waals surface area contributed by atoms with E-state index < -0.39 is 0 Å². The molecule has 0 aliphatic heterocycles. The van der Waals surface area contributed by atoms with E-state index in [9.17, 15) is 4.79 Å². The van der Waals surface area contributed by atoms with Crippen LogP contribution in [0.15, 0.2) is 4.79 Å². The first-order valence-electron chi connectivity index (χ1n) is 5.63. The number of aryl methyl sites for hydroxylation is 1. The number of aromatic amines is 1. The van der Waals surface area contributed by atoms with Crippen molar-refractivity contribution >= 4 is 5.78 Å². The zero-order valence-electron chi connectivity index (χ0n) is 9.45. The van der Waals surface area contributed by atoms with Gasteiger partial charge in [-0.3, -0.25) is 4.79 Å². The highest BCUT2D eigenvalue weighted by atomic mass is 16.1. The molecule has 0 spiro atoms. The fraction of sp³-hybridized carbons (Fsp3) is 0.545. The van der Waals surface area contributed by atoms with Crippen LogP contribution in [0.4, 0.5) is 0 Å². The molecule has 2 aromatic heterocycles. The van der Waals surface area contributed by atoms with Crippen molar-refractivity contribution in [3.05, 3.63) is 27.4 Å². The van der Waals surface area contributed by atoms with E-state index >= 15 is 0 Å². The van der Waals surface area contributed by atoms with Gasteiger partial charge in [-0.2, -0.15) is 9.50 Å². The van der Waals surface area contributed by atoms with Gasteiger partial charge in [-0.25, -0.2) is 0 Å². The Bertz CT molecular complexity index is 606. The van der Waals surface area contributed by atoms with Gasteiger partial charge in [0, 0.05) is 11.3 Å². The molecule has 0 aromatic carbocycles. The fourth-order valence-corrected chi connectivity index (χ4v) is 2.23. The molecule has 1 N–H and O–H groups in total. The van der Waals surface area contributed by atoms with E-state index in [-0.39, 0.29) is 5.56 Å². The predicted molar refractivity (Wildman–Crippen MR) is 59.7 cm³/mol. The van der Waals surface area contributed by atoms with Crippen LogP contribution in [-0.2, 0) is 0 Å². The van der Waals surface area contributed by atoms with Crippen LogP contribution >= 0.6 is 0 Å². The maximum Gasteiger partial charge on any atom is 0.278 e. The van der Waals surface area contributed by atoms with Gasteiger partial charge < -0.3 is 4.98 Å². The van der Waals surface area contributed by atoms with E-state index in [4.69, 9.17) is 0 Å². The topological polar surface area (TPSA) is 63.0 Å². The van der Waals surface area contributed by atoms with E-state index in [0.29, 0.717) is 17.5 Å². The lowest BCUT2D eigenvalue weighted by molar-refractivity contribution is 0.408. The number of nitrogens with zero attached hydrogens (tertiary/aromatic N) is 3. The third-order valence-corrected chi connectivity index (χ3v) is 3.39. The molecule has 2 aromatic rings. The van der Waals surface area contributed by atoms with Crippen molar-refractivity contribution in [2.45, 2.75) is 39.0 Å². The molecule has 1 aliphatic carbocycles. The Balaban J connectivity index is 2.29. The minimum absolute atomic E-state index is 0.0451. The van der Waals surface area contributed by atoms with Crippen LogP contribution in [0, 0.1) is 13.8 Å². The normalized spacial score (nSPS) is 16.6. The van der Waals surface area contributed by atoms with E-state index in [1.807, 2.05) is 6.92 Å². The average molecular weight is 218 g/mol.